The first-order valence-electron chi connectivity index (χ1n) is 20.9. The fourth-order valence-electron chi connectivity index (χ4n) is 5.58. The smallest absolute Gasteiger partial charge is 0.306 e. The monoisotopic (exact) mass is 834 g/mol. The molecule has 1 aliphatic heterocycles. The number of hydrogen-bond acceptors (Lipinski definition) is 11. The third kappa shape index (κ3) is 28.9. The molecule has 0 radical (unpaired) electrons. The van der Waals surface area contributed by atoms with E-state index < -0.39 is 71.2 Å². The standard InChI is InChI=1S/C45H70O12S/c1-3-5-7-9-11-13-15-17-18-19-20-22-23-25-27-29-31-33-40(46)54-35-38(36-55-45-44(50)43(49)42(48)39(57-45)37-58(51,52)53)56-41(47)34-32-30-28-26-24-21-16-14-12-10-8-6-4-2/h5,7,9,11,13,15,17-24,28,30,38-39,42-45,48-50H,3-4,6,8,10,12,14,16,25-27,29,31-37H2,1-2H3,(H,51,52,53)/b7-5+,11-9+,15-13+,18-17+,20-19+,23-22+,24-21+,30-28+/t38?,39-,42-,43?,44?,45+/m1/s1. The Kier molecular flexibility index (Phi) is 31.2. The highest BCUT2D eigenvalue weighted by atomic mass is 32.2. The molecule has 0 spiro atoms. The van der Waals surface area contributed by atoms with Crippen molar-refractivity contribution in [3.05, 3.63) is 97.2 Å². The number of allylic oxidation sites excluding steroid dienone is 16. The molecule has 0 aromatic carbocycles. The number of ether oxygens (including phenoxy) is 4. The molecular weight excluding hydrogens is 765 g/mol. The molecule has 1 saturated heterocycles. The molecule has 6 atom stereocenters. The molecule has 0 aromatic heterocycles. The molecule has 0 aliphatic carbocycles. The number of aliphatic hydroxyl groups is 3. The lowest BCUT2D eigenvalue weighted by molar-refractivity contribution is -0.297. The lowest BCUT2D eigenvalue weighted by Gasteiger charge is -2.40. The van der Waals surface area contributed by atoms with Gasteiger partial charge < -0.3 is 34.3 Å². The second-order valence-corrected chi connectivity index (χ2v) is 15.6. The first kappa shape index (κ1) is 52.6. The third-order valence-corrected chi connectivity index (χ3v) is 9.57. The van der Waals surface area contributed by atoms with Crippen molar-refractivity contribution in [1.82, 2.24) is 0 Å². The Balaban J connectivity index is 2.57. The number of carbonyl (C=O) groups excluding carboxylic acids is 2. The van der Waals surface area contributed by atoms with E-state index in [9.17, 15) is 37.9 Å². The summed E-state index contributed by atoms with van der Waals surface area (Å²) in [7, 11) is -4.62. The molecule has 1 heterocycles. The van der Waals surface area contributed by atoms with Crippen LogP contribution >= 0.6 is 0 Å². The second kappa shape index (κ2) is 34.4. The van der Waals surface area contributed by atoms with E-state index in [0.29, 0.717) is 12.8 Å². The molecule has 1 rings (SSSR count). The fourth-order valence-corrected chi connectivity index (χ4v) is 6.27. The molecule has 0 bridgehead atoms. The van der Waals surface area contributed by atoms with Crippen molar-refractivity contribution in [1.29, 1.82) is 0 Å². The number of carbonyl (C=O) groups is 2. The number of rotatable bonds is 32. The van der Waals surface area contributed by atoms with Crippen LogP contribution in [0.3, 0.4) is 0 Å². The summed E-state index contributed by atoms with van der Waals surface area (Å²) in [6, 6.07) is 0. The highest BCUT2D eigenvalue weighted by Crippen LogP contribution is 2.23. The van der Waals surface area contributed by atoms with Gasteiger partial charge in [0, 0.05) is 12.8 Å². The van der Waals surface area contributed by atoms with Gasteiger partial charge in [0.2, 0.25) is 0 Å². The van der Waals surface area contributed by atoms with Crippen molar-refractivity contribution in [2.75, 3.05) is 19.0 Å². The zero-order valence-corrected chi connectivity index (χ0v) is 35.4. The van der Waals surface area contributed by atoms with Crippen molar-refractivity contribution >= 4 is 22.1 Å². The van der Waals surface area contributed by atoms with Crippen LogP contribution < -0.4 is 0 Å². The maximum atomic E-state index is 12.7. The first-order chi connectivity index (χ1) is 28.0. The zero-order chi connectivity index (χ0) is 42.7. The van der Waals surface area contributed by atoms with Gasteiger partial charge in [-0.3, -0.25) is 14.1 Å². The second-order valence-electron chi connectivity index (χ2n) is 14.1. The number of hydrogen-bond donors (Lipinski definition) is 4. The molecule has 0 amide bonds. The van der Waals surface area contributed by atoms with E-state index in [2.05, 4.69) is 38.2 Å². The van der Waals surface area contributed by atoms with Gasteiger partial charge in [0.05, 0.1) is 6.61 Å². The summed E-state index contributed by atoms with van der Waals surface area (Å²) < 4.78 is 53.8. The summed E-state index contributed by atoms with van der Waals surface area (Å²) >= 11 is 0. The minimum absolute atomic E-state index is 0.0415. The van der Waals surface area contributed by atoms with Crippen LogP contribution in [0.25, 0.3) is 0 Å². The number of unbranched alkanes of at least 4 members (excludes halogenated alkanes) is 9. The Labute approximate surface area is 347 Å². The molecule has 58 heavy (non-hydrogen) atoms. The van der Waals surface area contributed by atoms with E-state index in [0.717, 1.165) is 38.5 Å². The van der Waals surface area contributed by atoms with Crippen LogP contribution in [0.5, 0.6) is 0 Å². The van der Waals surface area contributed by atoms with Gasteiger partial charge in [-0.05, 0) is 51.4 Å². The van der Waals surface area contributed by atoms with Crippen LogP contribution in [0, 0.1) is 0 Å². The van der Waals surface area contributed by atoms with Gasteiger partial charge in [0.25, 0.3) is 10.1 Å². The SMILES string of the molecule is CC/C=C/C=C/C=C/C=C/C=C/C=C/CCCCCC(=O)OCC(CO[C@H]1O[C@H](CS(=O)(=O)O)[C@@H](O)C(O)C1O)OC(=O)CC/C=C/C/C=C/CCCCCCCC. The zero-order valence-electron chi connectivity index (χ0n) is 34.6. The Bertz CT molecular complexity index is 1440. The average molecular weight is 835 g/mol. The van der Waals surface area contributed by atoms with E-state index in [1.54, 1.807) is 0 Å². The third-order valence-electron chi connectivity index (χ3n) is 8.82. The first-order valence-corrected chi connectivity index (χ1v) is 22.5. The molecule has 1 fully saturated rings. The number of aliphatic hydroxyl groups excluding tert-OH is 3. The van der Waals surface area contributed by atoms with Gasteiger partial charge in [0.1, 0.15) is 36.8 Å². The van der Waals surface area contributed by atoms with Gasteiger partial charge >= 0.3 is 11.9 Å². The lowest BCUT2D eigenvalue weighted by atomic mass is 10.00. The summed E-state index contributed by atoms with van der Waals surface area (Å²) in [4.78, 5) is 25.3. The highest BCUT2D eigenvalue weighted by Gasteiger charge is 2.46. The Morgan fingerprint density at radius 1 is 0.621 bits per heavy atom. The Hall–Kier alpha value is -3.43. The van der Waals surface area contributed by atoms with Crippen molar-refractivity contribution in [3.63, 3.8) is 0 Å². The minimum Gasteiger partial charge on any atom is -0.462 e. The fraction of sp³-hybridized carbons (Fsp3) is 0.600. The van der Waals surface area contributed by atoms with Gasteiger partial charge in [0.15, 0.2) is 12.4 Å². The van der Waals surface area contributed by atoms with Crippen molar-refractivity contribution in [3.8, 4) is 0 Å². The van der Waals surface area contributed by atoms with E-state index in [-0.39, 0.29) is 19.4 Å². The quantitative estimate of drug-likeness (QED) is 0.0169. The normalized spacial score (nSPS) is 21.4. The number of esters is 2. The summed E-state index contributed by atoms with van der Waals surface area (Å²) in [5, 5.41) is 30.8. The minimum atomic E-state index is -4.62. The van der Waals surface area contributed by atoms with Crippen LogP contribution in [-0.2, 0) is 38.7 Å². The molecule has 1 aliphatic rings. The van der Waals surface area contributed by atoms with Gasteiger partial charge in [-0.2, -0.15) is 8.42 Å². The molecule has 3 unspecified atom stereocenters. The van der Waals surface area contributed by atoms with Crippen LogP contribution in [0.4, 0.5) is 0 Å². The van der Waals surface area contributed by atoms with Crippen LogP contribution in [0.2, 0.25) is 0 Å². The molecular formula is C45H70O12S. The van der Waals surface area contributed by atoms with Crippen LogP contribution in [0.1, 0.15) is 117 Å². The van der Waals surface area contributed by atoms with Crippen molar-refractivity contribution < 1.29 is 56.8 Å². The van der Waals surface area contributed by atoms with E-state index >= 15 is 0 Å². The van der Waals surface area contributed by atoms with Crippen LogP contribution in [-0.4, -0.2) is 96.0 Å². The summed E-state index contributed by atoms with van der Waals surface area (Å²) in [6.07, 6.45) is 36.1. The van der Waals surface area contributed by atoms with Crippen molar-refractivity contribution in [2.45, 2.75) is 153 Å². The molecule has 13 heteroatoms. The topological polar surface area (TPSA) is 186 Å². The van der Waals surface area contributed by atoms with Gasteiger partial charge in [-0.1, -0.05) is 150 Å². The van der Waals surface area contributed by atoms with E-state index in [1.807, 2.05) is 72.9 Å². The maximum Gasteiger partial charge on any atom is 0.306 e. The van der Waals surface area contributed by atoms with Gasteiger partial charge in [-0.25, -0.2) is 0 Å². The summed E-state index contributed by atoms with van der Waals surface area (Å²) in [6.45, 7) is 3.48. The molecule has 0 aromatic rings. The predicted molar refractivity (Wildman–Crippen MR) is 228 cm³/mol. The van der Waals surface area contributed by atoms with Crippen LogP contribution in [0.15, 0.2) is 97.2 Å². The molecule has 0 saturated carbocycles. The predicted octanol–water partition coefficient (Wildman–Crippen LogP) is 7.88. The highest BCUT2D eigenvalue weighted by molar-refractivity contribution is 7.85. The molecule has 328 valence electrons. The van der Waals surface area contributed by atoms with E-state index in [1.165, 1.54) is 38.5 Å². The van der Waals surface area contributed by atoms with Gasteiger partial charge in [-0.15, -0.1) is 0 Å². The van der Waals surface area contributed by atoms with E-state index in [4.69, 9.17) is 18.9 Å². The average Bonchev–Trinajstić information content (AvgIpc) is 3.18. The lowest BCUT2D eigenvalue weighted by Crippen LogP contribution is -2.60. The Morgan fingerprint density at radius 2 is 1.19 bits per heavy atom. The summed E-state index contributed by atoms with van der Waals surface area (Å²) in [5.74, 6) is -2.14. The van der Waals surface area contributed by atoms with Crippen molar-refractivity contribution in [2.24, 2.45) is 0 Å². The molecule has 4 N–H and O–H groups in total. The maximum absolute atomic E-state index is 12.7. The molecule has 12 nitrogen and oxygen atoms in total. The Morgan fingerprint density at radius 3 is 1.83 bits per heavy atom. The largest absolute Gasteiger partial charge is 0.462 e. The summed E-state index contributed by atoms with van der Waals surface area (Å²) in [5.41, 5.74) is 0.